The van der Waals surface area contributed by atoms with Crippen molar-refractivity contribution in [3.8, 4) is 0 Å². The topological polar surface area (TPSA) is 32.3 Å². The summed E-state index contributed by atoms with van der Waals surface area (Å²) < 4.78 is 0. The van der Waals surface area contributed by atoms with E-state index in [1.165, 1.54) is 37.7 Å². The van der Waals surface area contributed by atoms with E-state index in [0.717, 1.165) is 25.1 Å². The van der Waals surface area contributed by atoms with Gasteiger partial charge in [-0.2, -0.15) is 0 Å². The van der Waals surface area contributed by atoms with Crippen LogP contribution in [0.5, 0.6) is 0 Å². The van der Waals surface area contributed by atoms with E-state index >= 15 is 0 Å². The number of carbonyl (C=O) groups excluding carboxylic acids is 1. The second-order valence-corrected chi connectivity index (χ2v) is 6.13. The van der Waals surface area contributed by atoms with Gasteiger partial charge in [-0.05, 0) is 37.3 Å². The van der Waals surface area contributed by atoms with Crippen molar-refractivity contribution in [1.82, 2.24) is 4.90 Å². The minimum absolute atomic E-state index is 0.695. The fourth-order valence-electron chi connectivity index (χ4n) is 2.54. The maximum Gasteiger partial charge on any atom is 0.211 e. The standard InChI is InChI=1S/C16H28N2OS/c1-4-6-8-15(7-5-2)18(3)10-9-14-11-20-12-16(14)17-13-19/h11-13,15H,4-10H2,1-3H3,(H,17,19). The van der Waals surface area contributed by atoms with Gasteiger partial charge in [0.05, 0.1) is 5.69 Å². The zero-order valence-electron chi connectivity index (χ0n) is 13.0. The molecular formula is C16H28N2OS. The molecule has 0 radical (unpaired) electrons. The fraction of sp³-hybridized carbons (Fsp3) is 0.688. The number of thiophene rings is 1. The van der Waals surface area contributed by atoms with E-state index in [1.807, 2.05) is 5.38 Å². The lowest BCUT2D eigenvalue weighted by Crippen LogP contribution is -2.33. The van der Waals surface area contributed by atoms with Crippen LogP contribution in [0.3, 0.4) is 0 Å². The molecule has 1 rings (SSSR count). The van der Waals surface area contributed by atoms with E-state index in [2.05, 4.69) is 36.5 Å². The van der Waals surface area contributed by atoms with Crippen LogP contribution < -0.4 is 5.32 Å². The molecule has 0 aliphatic rings. The molecule has 1 aromatic heterocycles. The van der Waals surface area contributed by atoms with Gasteiger partial charge in [-0.25, -0.2) is 0 Å². The Hall–Kier alpha value is -0.870. The smallest absolute Gasteiger partial charge is 0.211 e. The molecule has 0 bridgehead atoms. The van der Waals surface area contributed by atoms with Crippen LogP contribution in [0.2, 0.25) is 0 Å². The number of rotatable bonds is 11. The van der Waals surface area contributed by atoms with Gasteiger partial charge in [0.2, 0.25) is 6.41 Å². The van der Waals surface area contributed by atoms with Crippen LogP contribution in [0, 0.1) is 0 Å². The number of likely N-dealkylation sites (N-methyl/N-ethyl adjacent to an activating group) is 1. The maximum atomic E-state index is 10.6. The van der Waals surface area contributed by atoms with Gasteiger partial charge >= 0.3 is 0 Å². The van der Waals surface area contributed by atoms with E-state index in [-0.39, 0.29) is 0 Å². The average molecular weight is 296 g/mol. The van der Waals surface area contributed by atoms with E-state index in [9.17, 15) is 4.79 Å². The SMILES string of the molecule is CCCCC(CCC)N(C)CCc1cscc1NC=O. The third-order valence-corrected chi connectivity index (χ3v) is 4.62. The van der Waals surface area contributed by atoms with Crippen molar-refractivity contribution >= 4 is 23.4 Å². The molecule has 20 heavy (non-hydrogen) atoms. The number of nitrogens with one attached hydrogen (secondary N) is 1. The predicted molar refractivity (Wildman–Crippen MR) is 88.6 cm³/mol. The number of nitrogens with zero attached hydrogens (tertiary/aromatic N) is 1. The van der Waals surface area contributed by atoms with Gasteiger partial charge in [0.25, 0.3) is 0 Å². The third-order valence-electron chi connectivity index (χ3n) is 3.83. The monoisotopic (exact) mass is 296 g/mol. The lowest BCUT2D eigenvalue weighted by Gasteiger charge is -2.28. The highest BCUT2D eigenvalue weighted by Gasteiger charge is 2.14. The Balaban J connectivity index is 2.48. The highest BCUT2D eigenvalue weighted by atomic mass is 32.1. The molecule has 0 saturated heterocycles. The molecule has 1 amide bonds. The van der Waals surface area contributed by atoms with Gasteiger partial charge in [-0.15, -0.1) is 11.3 Å². The third kappa shape index (κ3) is 5.63. The molecule has 1 aromatic rings. The van der Waals surface area contributed by atoms with Crippen molar-refractivity contribution in [2.75, 3.05) is 18.9 Å². The number of carbonyl (C=O) groups is 1. The molecule has 3 nitrogen and oxygen atoms in total. The van der Waals surface area contributed by atoms with Gasteiger partial charge in [-0.1, -0.05) is 33.1 Å². The average Bonchev–Trinajstić information content (AvgIpc) is 2.88. The zero-order chi connectivity index (χ0) is 14.8. The first kappa shape index (κ1) is 17.2. The fourth-order valence-corrected chi connectivity index (χ4v) is 3.38. The molecule has 1 N–H and O–H groups in total. The van der Waals surface area contributed by atoms with Crippen LogP contribution in [0.1, 0.15) is 51.5 Å². The Morgan fingerprint density at radius 1 is 1.30 bits per heavy atom. The summed E-state index contributed by atoms with van der Waals surface area (Å²) in [6.45, 7) is 5.57. The van der Waals surface area contributed by atoms with Gasteiger partial charge in [0.1, 0.15) is 0 Å². The molecule has 114 valence electrons. The molecule has 1 unspecified atom stereocenters. The number of hydrogen-bond acceptors (Lipinski definition) is 3. The minimum Gasteiger partial charge on any atom is -0.328 e. The Labute approximate surface area is 127 Å². The van der Waals surface area contributed by atoms with Crippen molar-refractivity contribution < 1.29 is 4.79 Å². The minimum atomic E-state index is 0.695. The van der Waals surface area contributed by atoms with Crippen LogP contribution in [0.4, 0.5) is 5.69 Å². The molecule has 1 heterocycles. The number of anilines is 1. The predicted octanol–water partition coefficient (Wildman–Crippen LogP) is 4.15. The Kier molecular flexibility index (Phi) is 8.54. The van der Waals surface area contributed by atoms with Gasteiger partial charge in [0.15, 0.2) is 0 Å². The molecule has 0 fully saturated rings. The van der Waals surface area contributed by atoms with Crippen LogP contribution in [0.15, 0.2) is 10.8 Å². The van der Waals surface area contributed by atoms with Crippen LogP contribution in [0.25, 0.3) is 0 Å². The first-order valence-electron chi connectivity index (χ1n) is 7.68. The molecule has 0 aliphatic carbocycles. The molecule has 0 aliphatic heterocycles. The largest absolute Gasteiger partial charge is 0.328 e. The molecule has 0 saturated carbocycles. The lowest BCUT2D eigenvalue weighted by molar-refractivity contribution is -0.105. The molecular weight excluding hydrogens is 268 g/mol. The van der Waals surface area contributed by atoms with Gasteiger partial charge in [-0.3, -0.25) is 4.79 Å². The number of hydrogen-bond donors (Lipinski definition) is 1. The summed E-state index contributed by atoms with van der Waals surface area (Å²) in [7, 11) is 2.23. The number of unbranched alkanes of at least 4 members (excludes halogenated alkanes) is 1. The van der Waals surface area contributed by atoms with Crippen LogP contribution in [-0.2, 0) is 11.2 Å². The van der Waals surface area contributed by atoms with E-state index < -0.39 is 0 Å². The molecule has 4 heteroatoms. The van der Waals surface area contributed by atoms with E-state index in [1.54, 1.807) is 11.3 Å². The maximum absolute atomic E-state index is 10.6. The first-order chi connectivity index (χ1) is 9.72. The normalized spacial score (nSPS) is 12.6. The summed E-state index contributed by atoms with van der Waals surface area (Å²) >= 11 is 1.65. The van der Waals surface area contributed by atoms with Crippen LogP contribution >= 0.6 is 11.3 Å². The Bertz CT molecular complexity index is 378. The van der Waals surface area contributed by atoms with Crippen LogP contribution in [-0.4, -0.2) is 30.9 Å². The van der Waals surface area contributed by atoms with Gasteiger partial charge < -0.3 is 10.2 Å². The molecule has 0 aromatic carbocycles. The Morgan fingerprint density at radius 3 is 2.75 bits per heavy atom. The quantitative estimate of drug-likeness (QED) is 0.622. The zero-order valence-corrected chi connectivity index (χ0v) is 13.8. The summed E-state index contributed by atoms with van der Waals surface area (Å²) in [5.41, 5.74) is 2.22. The Morgan fingerprint density at radius 2 is 2.10 bits per heavy atom. The van der Waals surface area contributed by atoms with Crippen molar-refractivity contribution in [1.29, 1.82) is 0 Å². The first-order valence-corrected chi connectivity index (χ1v) is 8.62. The summed E-state index contributed by atoms with van der Waals surface area (Å²) in [5.74, 6) is 0. The van der Waals surface area contributed by atoms with Crippen molar-refractivity contribution in [2.45, 2.75) is 58.4 Å². The van der Waals surface area contributed by atoms with Gasteiger partial charge in [0, 0.05) is 18.0 Å². The second-order valence-electron chi connectivity index (χ2n) is 5.39. The summed E-state index contributed by atoms with van der Waals surface area (Å²) in [4.78, 5) is 13.0. The molecule has 0 spiro atoms. The second kappa shape index (κ2) is 9.94. The summed E-state index contributed by atoms with van der Waals surface area (Å²) in [6, 6.07) is 0.695. The lowest BCUT2D eigenvalue weighted by atomic mass is 10.0. The van der Waals surface area contributed by atoms with E-state index in [4.69, 9.17) is 0 Å². The van der Waals surface area contributed by atoms with Crippen molar-refractivity contribution in [3.05, 3.63) is 16.3 Å². The van der Waals surface area contributed by atoms with Crippen molar-refractivity contribution in [2.24, 2.45) is 0 Å². The van der Waals surface area contributed by atoms with Crippen molar-refractivity contribution in [3.63, 3.8) is 0 Å². The number of amides is 1. The summed E-state index contributed by atoms with van der Waals surface area (Å²) in [6.07, 6.45) is 8.16. The molecule has 1 atom stereocenters. The highest BCUT2D eigenvalue weighted by Crippen LogP contribution is 2.22. The van der Waals surface area contributed by atoms with E-state index in [0.29, 0.717) is 6.04 Å². The highest BCUT2D eigenvalue weighted by molar-refractivity contribution is 7.08. The summed E-state index contributed by atoms with van der Waals surface area (Å²) in [5, 5.41) is 6.92.